The van der Waals surface area contributed by atoms with E-state index in [2.05, 4.69) is 70.1 Å². The largest absolute Gasteiger partial charge is 0.368 e. The molecule has 0 fully saturated rings. The fraction of sp³-hybridized carbons (Fsp3) is 0.647. The maximum absolute atomic E-state index is 6.46. The number of hydrogen-bond donors (Lipinski definition) is 1. The quantitative estimate of drug-likeness (QED) is 0.784. The van der Waals surface area contributed by atoms with Gasteiger partial charge in [-0.25, -0.2) is 0 Å². The molecule has 20 heavy (non-hydrogen) atoms. The minimum absolute atomic E-state index is 0.112. The predicted octanol–water partition coefficient (Wildman–Crippen LogP) is 4.71. The van der Waals surface area contributed by atoms with E-state index in [4.69, 9.17) is 11.6 Å². The monoisotopic (exact) mass is 296 g/mol. The highest BCUT2D eigenvalue weighted by Gasteiger charge is 2.23. The van der Waals surface area contributed by atoms with Crippen LogP contribution in [0.1, 0.15) is 46.6 Å². The van der Waals surface area contributed by atoms with Gasteiger partial charge in [-0.2, -0.15) is 0 Å². The third-order valence-corrected chi connectivity index (χ3v) is 4.33. The topological polar surface area (TPSA) is 15.3 Å². The van der Waals surface area contributed by atoms with Gasteiger partial charge in [-0.05, 0) is 50.4 Å². The van der Waals surface area contributed by atoms with Gasteiger partial charge in [0.25, 0.3) is 0 Å². The Kier molecular flexibility index (Phi) is 6.35. The summed E-state index contributed by atoms with van der Waals surface area (Å²) in [5.41, 5.74) is 2.45. The molecular formula is C17H29ClN2. The summed E-state index contributed by atoms with van der Waals surface area (Å²) in [5.74, 6) is 0.668. The molecule has 0 aromatic heterocycles. The molecule has 0 unspecified atom stereocenters. The molecule has 1 aromatic rings. The van der Waals surface area contributed by atoms with Crippen molar-refractivity contribution in [3.63, 3.8) is 0 Å². The zero-order chi connectivity index (χ0) is 15.3. The van der Waals surface area contributed by atoms with E-state index in [0.717, 1.165) is 30.2 Å². The summed E-state index contributed by atoms with van der Waals surface area (Å²) < 4.78 is 0. The average molecular weight is 297 g/mol. The lowest BCUT2D eigenvalue weighted by Crippen LogP contribution is -2.40. The van der Waals surface area contributed by atoms with Crippen molar-refractivity contribution < 1.29 is 0 Å². The van der Waals surface area contributed by atoms with Crippen LogP contribution in [0.4, 0.5) is 5.69 Å². The van der Waals surface area contributed by atoms with Crippen LogP contribution in [-0.2, 0) is 6.54 Å². The molecular weight excluding hydrogens is 268 g/mol. The molecule has 0 atom stereocenters. The normalized spacial score (nSPS) is 12.0. The molecule has 0 saturated heterocycles. The van der Waals surface area contributed by atoms with Gasteiger partial charge in [-0.3, -0.25) is 0 Å². The number of nitrogens with zero attached hydrogens (tertiary/aromatic N) is 1. The molecule has 1 aromatic carbocycles. The molecule has 0 amide bonds. The second-order valence-electron chi connectivity index (χ2n) is 6.54. The number of benzene rings is 1. The van der Waals surface area contributed by atoms with Crippen LogP contribution in [0.3, 0.4) is 0 Å². The molecule has 0 aliphatic rings. The lowest BCUT2D eigenvalue weighted by molar-refractivity contribution is 0.471. The van der Waals surface area contributed by atoms with E-state index in [1.165, 1.54) is 5.56 Å². The Hall–Kier alpha value is -0.730. The van der Waals surface area contributed by atoms with E-state index >= 15 is 0 Å². The summed E-state index contributed by atoms with van der Waals surface area (Å²) in [6.45, 7) is 13.0. The summed E-state index contributed by atoms with van der Waals surface area (Å²) in [7, 11) is 2.11. The summed E-state index contributed by atoms with van der Waals surface area (Å²) in [6, 6.07) is 6.37. The number of rotatable bonds is 7. The maximum atomic E-state index is 6.46. The number of nitrogens with one attached hydrogen (secondary N) is 1. The molecule has 3 heteroatoms. The summed E-state index contributed by atoms with van der Waals surface area (Å²) in [4.78, 5) is 2.26. The minimum atomic E-state index is 0.112. The second kappa shape index (κ2) is 7.33. The van der Waals surface area contributed by atoms with Crippen molar-refractivity contribution in [3.8, 4) is 0 Å². The summed E-state index contributed by atoms with van der Waals surface area (Å²) >= 11 is 6.46. The first-order valence-electron chi connectivity index (χ1n) is 7.51. The first kappa shape index (κ1) is 17.3. The van der Waals surface area contributed by atoms with Gasteiger partial charge in [-0.1, -0.05) is 38.4 Å². The Balaban J connectivity index is 2.78. The van der Waals surface area contributed by atoms with Gasteiger partial charge in [0.05, 0.1) is 10.7 Å². The molecule has 0 aliphatic carbocycles. The lowest BCUT2D eigenvalue weighted by Gasteiger charge is -2.37. The Morgan fingerprint density at radius 1 is 1.30 bits per heavy atom. The minimum Gasteiger partial charge on any atom is -0.368 e. The number of hydrogen-bond acceptors (Lipinski definition) is 2. The van der Waals surface area contributed by atoms with Crippen molar-refractivity contribution >= 4 is 17.3 Å². The first-order valence-corrected chi connectivity index (χ1v) is 7.88. The Morgan fingerprint density at radius 2 is 1.95 bits per heavy atom. The average Bonchev–Trinajstić information content (AvgIpc) is 2.37. The fourth-order valence-corrected chi connectivity index (χ4v) is 2.33. The molecule has 114 valence electrons. The molecule has 0 aliphatic heterocycles. The van der Waals surface area contributed by atoms with Gasteiger partial charge in [0, 0.05) is 19.1 Å². The molecule has 1 rings (SSSR count). The van der Waals surface area contributed by atoms with E-state index < -0.39 is 0 Å². The van der Waals surface area contributed by atoms with Crippen LogP contribution in [0.25, 0.3) is 0 Å². The zero-order valence-corrected chi connectivity index (χ0v) is 14.5. The van der Waals surface area contributed by atoms with E-state index in [0.29, 0.717) is 5.92 Å². The van der Waals surface area contributed by atoms with E-state index in [-0.39, 0.29) is 5.54 Å². The van der Waals surface area contributed by atoms with Gasteiger partial charge < -0.3 is 10.2 Å². The number of halogens is 1. The first-order chi connectivity index (χ1) is 9.27. The van der Waals surface area contributed by atoms with E-state index in [9.17, 15) is 0 Å². The smallest absolute Gasteiger partial charge is 0.0642 e. The zero-order valence-electron chi connectivity index (χ0n) is 13.8. The van der Waals surface area contributed by atoms with Gasteiger partial charge in [-0.15, -0.1) is 0 Å². The van der Waals surface area contributed by atoms with Crippen molar-refractivity contribution in [2.24, 2.45) is 5.92 Å². The molecule has 0 saturated carbocycles. The Morgan fingerprint density at radius 3 is 2.45 bits per heavy atom. The van der Waals surface area contributed by atoms with Crippen molar-refractivity contribution in [1.82, 2.24) is 5.32 Å². The molecule has 0 radical (unpaired) electrons. The summed E-state index contributed by atoms with van der Waals surface area (Å²) in [5, 5.41) is 4.28. The molecule has 0 bridgehead atoms. The van der Waals surface area contributed by atoms with Gasteiger partial charge >= 0.3 is 0 Å². The van der Waals surface area contributed by atoms with Crippen LogP contribution in [0.2, 0.25) is 5.02 Å². The van der Waals surface area contributed by atoms with Crippen molar-refractivity contribution in [1.29, 1.82) is 0 Å². The molecule has 1 N–H and O–H groups in total. The standard InChI is InChI=1S/C17H29ClN2/c1-7-17(4,5)20(6)16-9-8-14(10-15(16)18)12-19-11-13(2)3/h8-10,13,19H,7,11-12H2,1-6H3. The van der Waals surface area contributed by atoms with E-state index in [1.807, 2.05) is 0 Å². The molecule has 0 heterocycles. The van der Waals surface area contributed by atoms with Gasteiger partial charge in [0.15, 0.2) is 0 Å². The molecule has 2 nitrogen and oxygen atoms in total. The lowest BCUT2D eigenvalue weighted by atomic mass is 9.99. The van der Waals surface area contributed by atoms with Crippen LogP contribution < -0.4 is 10.2 Å². The van der Waals surface area contributed by atoms with Crippen molar-refractivity contribution in [2.45, 2.75) is 53.1 Å². The van der Waals surface area contributed by atoms with Gasteiger partial charge in [0.2, 0.25) is 0 Å². The van der Waals surface area contributed by atoms with Crippen LogP contribution in [0.15, 0.2) is 18.2 Å². The van der Waals surface area contributed by atoms with Crippen LogP contribution in [0.5, 0.6) is 0 Å². The molecule has 0 spiro atoms. The van der Waals surface area contributed by atoms with Crippen LogP contribution in [0, 0.1) is 5.92 Å². The van der Waals surface area contributed by atoms with Crippen LogP contribution in [-0.4, -0.2) is 19.1 Å². The van der Waals surface area contributed by atoms with E-state index in [1.54, 1.807) is 0 Å². The highest BCUT2D eigenvalue weighted by atomic mass is 35.5. The predicted molar refractivity (Wildman–Crippen MR) is 90.8 cm³/mol. The highest BCUT2D eigenvalue weighted by molar-refractivity contribution is 6.33. The summed E-state index contributed by atoms with van der Waals surface area (Å²) in [6.07, 6.45) is 1.08. The third-order valence-electron chi connectivity index (χ3n) is 4.03. The van der Waals surface area contributed by atoms with Gasteiger partial charge in [0.1, 0.15) is 0 Å². The number of anilines is 1. The van der Waals surface area contributed by atoms with Crippen LogP contribution >= 0.6 is 11.6 Å². The fourth-order valence-electron chi connectivity index (χ4n) is 2.00. The Bertz CT molecular complexity index is 427. The van der Waals surface area contributed by atoms with Crippen molar-refractivity contribution in [2.75, 3.05) is 18.5 Å². The SMILES string of the molecule is CCC(C)(C)N(C)c1ccc(CNCC(C)C)cc1Cl. The Labute approximate surface area is 129 Å². The highest BCUT2D eigenvalue weighted by Crippen LogP contribution is 2.31. The third kappa shape index (κ3) is 4.68. The maximum Gasteiger partial charge on any atom is 0.0642 e. The van der Waals surface area contributed by atoms with Crippen molar-refractivity contribution in [3.05, 3.63) is 28.8 Å². The second-order valence-corrected chi connectivity index (χ2v) is 6.94.